The molecule has 0 amide bonds. The van der Waals surface area contributed by atoms with Gasteiger partial charge in [-0.05, 0) is 114 Å². The van der Waals surface area contributed by atoms with Crippen molar-refractivity contribution < 1.29 is 0 Å². The second kappa shape index (κ2) is 8.86. The first-order chi connectivity index (χ1) is 15.5. The van der Waals surface area contributed by atoms with Gasteiger partial charge in [-0.3, -0.25) is 0 Å². The average Bonchev–Trinajstić information content (AvgIpc) is 3.01. The van der Waals surface area contributed by atoms with Crippen molar-refractivity contribution in [2.75, 3.05) is 6.16 Å². The monoisotopic (exact) mass is 452 g/mol. The van der Waals surface area contributed by atoms with Crippen LogP contribution in [-0.2, 0) is 6.16 Å². The molecule has 0 saturated carbocycles. The Labute approximate surface area is 194 Å². The Hall–Kier alpha value is -2.39. The van der Waals surface area contributed by atoms with E-state index < -0.39 is 7.92 Å². The summed E-state index contributed by atoms with van der Waals surface area (Å²) < 4.78 is 0. The zero-order valence-corrected chi connectivity index (χ0v) is 21.2. The molecular formula is C30H30P2. The molecule has 1 heterocycles. The fraction of sp³-hybridized carbons (Fsp3) is 0.200. The average molecular weight is 453 g/mol. The van der Waals surface area contributed by atoms with Crippen LogP contribution in [0.4, 0.5) is 0 Å². The Balaban J connectivity index is 1.58. The molecule has 1 aromatic heterocycles. The smallest absolute Gasteiger partial charge is 0.00905 e. The Morgan fingerprint density at radius 3 is 1.47 bits per heavy atom. The first kappa shape index (κ1) is 21.5. The molecule has 32 heavy (non-hydrogen) atoms. The van der Waals surface area contributed by atoms with E-state index in [-0.39, 0.29) is 7.53 Å². The third kappa shape index (κ3) is 3.92. The van der Waals surface area contributed by atoms with Crippen LogP contribution in [0.1, 0.15) is 21.7 Å². The van der Waals surface area contributed by atoms with E-state index in [1.54, 1.807) is 10.6 Å². The minimum atomic E-state index is -0.409. The molecule has 5 rings (SSSR count). The Kier molecular flexibility index (Phi) is 5.94. The third-order valence-electron chi connectivity index (χ3n) is 7.09. The minimum absolute atomic E-state index is 0.153. The molecule has 0 aliphatic carbocycles. The van der Waals surface area contributed by atoms with Gasteiger partial charge in [0.1, 0.15) is 0 Å². The first-order valence-corrected chi connectivity index (χ1v) is 14.5. The van der Waals surface area contributed by atoms with Gasteiger partial charge in [-0.25, -0.2) is 0 Å². The van der Waals surface area contributed by atoms with Crippen molar-refractivity contribution in [2.24, 2.45) is 0 Å². The number of hydrogen-bond acceptors (Lipinski definition) is 0. The fourth-order valence-corrected chi connectivity index (χ4v) is 10.7. The lowest BCUT2D eigenvalue weighted by molar-refractivity contribution is 1.32. The maximum atomic E-state index is 2.44. The molecule has 0 aliphatic rings. The van der Waals surface area contributed by atoms with Crippen molar-refractivity contribution in [2.45, 2.75) is 33.9 Å². The van der Waals surface area contributed by atoms with Crippen LogP contribution in [0.2, 0.25) is 0 Å². The normalized spacial score (nSPS) is 11.7. The summed E-state index contributed by atoms with van der Waals surface area (Å²) in [5, 5.41) is 11.6. The summed E-state index contributed by atoms with van der Waals surface area (Å²) in [4.78, 5) is 0. The van der Waals surface area contributed by atoms with E-state index in [4.69, 9.17) is 0 Å². The quantitative estimate of drug-likeness (QED) is 0.235. The minimum Gasteiger partial charge on any atom is -0.118 e. The van der Waals surface area contributed by atoms with Gasteiger partial charge in [-0.1, -0.05) is 72.8 Å². The van der Waals surface area contributed by atoms with Crippen LogP contribution in [0.15, 0.2) is 84.9 Å². The molecule has 4 aromatic carbocycles. The molecule has 0 unspecified atom stereocenters. The van der Waals surface area contributed by atoms with Gasteiger partial charge >= 0.3 is 0 Å². The largest absolute Gasteiger partial charge is 0.118 e. The summed E-state index contributed by atoms with van der Waals surface area (Å²) in [6, 6.07) is 31.8. The highest BCUT2D eigenvalue weighted by Crippen LogP contribution is 2.48. The van der Waals surface area contributed by atoms with Crippen molar-refractivity contribution in [3.8, 4) is 0 Å². The van der Waals surface area contributed by atoms with E-state index in [1.807, 2.05) is 0 Å². The van der Waals surface area contributed by atoms with Gasteiger partial charge in [0.05, 0.1) is 0 Å². The number of hydrogen-bond donors (Lipinski definition) is 0. The molecule has 0 radical (unpaired) electrons. The first-order valence-electron chi connectivity index (χ1n) is 11.4. The lowest BCUT2D eigenvalue weighted by Gasteiger charge is -2.21. The molecule has 2 heteroatoms. The van der Waals surface area contributed by atoms with Crippen molar-refractivity contribution in [1.29, 1.82) is 0 Å². The van der Waals surface area contributed by atoms with Gasteiger partial charge < -0.3 is 0 Å². The van der Waals surface area contributed by atoms with Gasteiger partial charge in [0, 0.05) is 0 Å². The van der Waals surface area contributed by atoms with Crippen LogP contribution in [0, 0.1) is 27.7 Å². The third-order valence-corrected chi connectivity index (χ3v) is 12.9. The second-order valence-corrected chi connectivity index (χ2v) is 13.8. The topological polar surface area (TPSA) is 0 Å². The van der Waals surface area contributed by atoms with E-state index in [0.717, 1.165) is 0 Å². The Morgan fingerprint density at radius 2 is 1.00 bits per heavy atom. The summed E-state index contributed by atoms with van der Waals surface area (Å²) in [6.07, 6.45) is 2.53. The van der Waals surface area contributed by atoms with Crippen LogP contribution in [-0.4, -0.2) is 6.16 Å². The fourth-order valence-electron chi connectivity index (χ4n) is 4.83. The van der Waals surface area contributed by atoms with Crippen molar-refractivity contribution in [1.82, 2.24) is 0 Å². The van der Waals surface area contributed by atoms with E-state index in [1.165, 1.54) is 55.6 Å². The zero-order valence-electron chi connectivity index (χ0n) is 19.4. The maximum absolute atomic E-state index is 2.44. The molecule has 0 N–H and O–H groups in total. The molecule has 0 bridgehead atoms. The lowest BCUT2D eigenvalue weighted by atomic mass is 10.1. The summed E-state index contributed by atoms with van der Waals surface area (Å²) in [5.74, 6) is 0. The van der Waals surface area contributed by atoms with Crippen molar-refractivity contribution >= 4 is 47.6 Å². The van der Waals surface area contributed by atoms with Crippen LogP contribution < -0.4 is 10.6 Å². The molecule has 160 valence electrons. The highest BCUT2D eigenvalue weighted by molar-refractivity contribution is 7.73. The van der Waals surface area contributed by atoms with Crippen LogP contribution in [0.25, 0.3) is 21.5 Å². The van der Waals surface area contributed by atoms with Gasteiger partial charge in [-0.15, -0.1) is 7.53 Å². The maximum Gasteiger partial charge on any atom is -0.00905 e. The number of rotatable bonds is 5. The Morgan fingerprint density at radius 1 is 0.562 bits per heavy atom. The molecular weight excluding hydrogens is 422 g/mol. The highest BCUT2D eigenvalue weighted by atomic mass is 31.1. The van der Waals surface area contributed by atoms with E-state index in [2.05, 4.69) is 113 Å². The van der Waals surface area contributed by atoms with Gasteiger partial charge in [0.2, 0.25) is 0 Å². The van der Waals surface area contributed by atoms with E-state index in [0.29, 0.717) is 0 Å². The zero-order chi connectivity index (χ0) is 22.2. The van der Waals surface area contributed by atoms with Crippen LogP contribution >= 0.6 is 15.5 Å². The van der Waals surface area contributed by atoms with E-state index >= 15 is 0 Å². The van der Waals surface area contributed by atoms with Crippen molar-refractivity contribution in [3.05, 3.63) is 107 Å². The molecule has 0 atom stereocenters. The SMILES string of the molecule is Cc1c(C)c(C)p(CCP(c2ccc3ccccc3c2)c2ccc3ccccc3c2)c1C. The van der Waals surface area contributed by atoms with Crippen molar-refractivity contribution in [3.63, 3.8) is 0 Å². The summed E-state index contributed by atoms with van der Waals surface area (Å²) >= 11 is 0. The summed E-state index contributed by atoms with van der Waals surface area (Å²) in [6.45, 7) is 9.36. The van der Waals surface area contributed by atoms with Crippen LogP contribution in [0.5, 0.6) is 0 Å². The summed E-state index contributed by atoms with van der Waals surface area (Å²) in [5.41, 5.74) is 3.07. The van der Waals surface area contributed by atoms with E-state index in [9.17, 15) is 0 Å². The number of benzene rings is 4. The molecule has 0 spiro atoms. The van der Waals surface area contributed by atoms with Gasteiger partial charge in [-0.2, -0.15) is 0 Å². The predicted molar refractivity (Wildman–Crippen MR) is 147 cm³/mol. The molecule has 0 nitrogen and oxygen atoms in total. The standard InChI is InChI=1S/C30H30P2/c1-21-22(2)24(4)31(23(21)3)17-18-32(29-15-13-25-9-5-7-11-27(25)19-29)30-16-14-26-10-6-8-12-28(26)20-30/h5-16,19-20H,17-18H2,1-4H3. The summed E-state index contributed by atoms with van der Waals surface area (Å²) in [7, 11) is -0.562. The molecule has 5 aromatic rings. The van der Waals surface area contributed by atoms with Gasteiger partial charge in [0.25, 0.3) is 0 Å². The van der Waals surface area contributed by atoms with Gasteiger partial charge in [0.15, 0.2) is 0 Å². The Bertz CT molecular complexity index is 1320. The van der Waals surface area contributed by atoms with Crippen LogP contribution in [0.3, 0.4) is 0 Å². The highest BCUT2D eigenvalue weighted by Gasteiger charge is 2.18. The second-order valence-electron chi connectivity index (χ2n) is 8.79. The lowest BCUT2D eigenvalue weighted by Crippen LogP contribution is -2.14. The predicted octanol–water partition coefficient (Wildman–Crippen LogP) is 8.35. The molecule has 0 saturated heterocycles. The molecule has 0 aliphatic heterocycles. The number of fused-ring (bicyclic) bond motifs is 2. The molecule has 0 fully saturated rings.